The van der Waals surface area contributed by atoms with Crippen molar-refractivity contribution in [3.8, 4) is 0 Å². The van der Waals surface area contributed by atoms with Gasteiger partial charge in [0.25, 0.3) is 0 Å². The van der Waals surface area contributed by atoms with Crippen LogP contribution in [0, 0.1) is 6.92 Å². The number of aryl methyl sites for hydroxylation is 1. The molecule has 1 aliphatic rings. The van der Waals surface area contributed by atoms with Crippen LogP contribution in [-0.2, 0) is 0 Å². The number of hydrogen-bond acceptors (Lipinski definition) is 4. The molecule has 0 spiro atoms. The summed E-state index contributed by atoms with van der Waals surface area (Å²) in [6.07, 6.45) is 0.709. The molecule has 1 aromatic rings. The Balaban J connectivity index is 2.14. The first kappa shape index (κ1) is 11.1. The molecule has 0 radical (unpaired) electrons. The van der Waals surface area contributed by atoms with E-state index in [1.54, 1.807) is 11.3 Å². The van der Waals surface area contributed by atoms with E-state index in [1.165, 1.54) is 10.4 Å². The van der Waals surface area contributed by atoms with E-state index in [2.05, 4.69) is 23.3 Å². The first-order chi connectivity index (χ1) is 7.22. The molecule has 0 amide bonds. The van der Waals surface area contributed by atoms with Crippen LogP contribution in [0.1, 0.15) is 22.9 Å². The fourth-order valence-electron chi connectivity index (χ4n) is 2.20. The topological polar surface area (TPSA) is 49.5 Å². The standard InChI is InChI=1S/C11H18N2OS/c1-8-3-5-15-11(8)10(6-12)13-4-2-9(14)7-13/h3,5,9-10,14H,2,4,6-7,12H2,1H3. The first-order valence-corrected chi connectivity index (χ1v) is 6.26. The maximum Gasteiger partial charge on any atom is 0.0679 e. The maximum absolute atomic E-state index is 9.53. The molecule has 2 rings (SSSR count). The smallest absolute Gasteiger partial charge is 0.0679 e. The van der Waals surface area contributed by atoms with E-state index in [0.29, 0.717) is 12.6 Å². The van der Waals surface area contributed by atoms with Crippen molar-refractivity contribution in [2.75, 3.05) is 19.6 Å². The normalized spacial score (nSPS) is 24.6. The Kier molecular flexibility index (Phi) is 3.41. The summed E-state index contributed by atoms with van der Waals surface area (Å²) in [5, 5.41) is 11.6. The molecule has 3 N–H and O–H groups in total. The Bertz CT molecular complexity index is 326. The number of aliphatic hydroxyl groups excluding tert-OH is 1. The lowest BCUT2D eigenvalue weighted by atomic mass is 10.1. The third-order valence-electron chi connectivity index (χ3n) is 3.06. The minimum Gasteiger partial charge on any atom is -0.392 e. The monoisotopic (exact) mass is 226 g/mol. The van der Waals surface area contributed by atoms with Crippen LogP contribution in [0.2, 0.25) is 0 Å². The van der Waals surface area contributed by atoms with Crippen LogP contribution in [0.4, 0.5) is 0 Å². The fraction of sp³-hybridized carbons (Fsp3) is 0.636. The minimum atomic E-state index is -0.167. The second kappa shape index (κ2) is 4.61. The minimum absolute atomic E-state index is 0.167. The molecule has 2 atom stereocenters. The summed E-state index contributed by atoms with van der Waals surface area (Å²) < 4.78 is 0. The van der Waals surface area contributed by atoms with E-state index in [-0.39, 0.29) is 6.10 Å². The van der Waals surface area contributed by atoms with Crippen molar-refractivity contribution in [3.05, 3.63) is 21.9 Å². The molecule has 0 bridgehead atoms. The van der Waals surface area contributed by atoms with Crippen LogP contribution in [-0.4, -0.2) is 35.7 Å². The molecule has 2 heterocycles. The molecule has 15 heavy (non-hydrogen) atoms. The maximum atomic E-state index is 9.53. The Morgan fingerprint density at radius 3 is 3.00 bits per heavy atom. The zero-order chi connectivity index (χ0) is 10.8. The molecule has 4 heteroatoms. The fourth-order valence-corrected chi connectivity index (χ4v) is 3.27. The average molecular weight is 226 g/mol. The van der Waals surface area contributed by atoms with Crippen LogP contribution in [0.15, 0.2) is 11.4 Å². The average Bonchev–Trinajstić information content (AvgIpc) is 2.79. The van der Waals surface area contributed by atoms with E-state index in [1.807, 2.05) is 0 Å². The van der Waals surface area contributed by atoms with Gasteiger partial charge < -0.3 is 10.8 Å². The van der Waals surface area contributed by atoms with Gasteiger partial charge in [-0.25, -0.2) is 0 Å². The van der Waals surface area contributed by atoms with Gasteiger partial charge in [-0.2, -0.15) is 0 Å². The van der Waals surface area contributed by atoms with E-state index in [0.717, 1.165) is 19.5 Å². The van der Waals surface area contributed by atoms with Crippen molar-refractivity contribution in [1.29, 1.82) is 0 Å². The van der Waals surface area contributed by atoms with Crippen LogP contribution in [0.25, 0.3) is 0 Å². The van der Waals surface area contributed by atoms with Gasteiger partial charge in [-0.3, -0.25) is 4.90 Å². The van der Waals surface area contributed by atoms with Crippen LogP contribution in [0.3, 0.4) is 0 Å². The number of nitrogens with zero attached hydrogens (tertiary/aromatic N) is 1. The summed E-state index contributed by atoms with van der Waals surface area (Å²) in [4.78, 5) is 3.65. The summed E-state index contributed by atoms with van der Waals surface area (Å²) in [7, 11) is 0. The van der Waals surface area contributed by atoms with Gasteiger partial charge in [0.05, 0.1) is 12.1 Å². The summed E-state index contributed by atoms with van der Waals surface area (Å²) in [5.74, 6) is 0. The van der Waals surface area contributed by atoms with E-state index >= 15 is 0 Å². The highest BCUT2D eigenvalue weighted by atomic mass is 32.1. The molecule has 84 valence electrons. The number of aliphatic hydroxyl groups is 1. The van der Waals surface area contributed by atoms with Gasteiger partial charge in [-0.05, 0) is 30.4 Å². The first-order valence-electron chi connectivity index (χ1n) is 5.38. The molecule has 0 saturated carbocycles. The molecule has 1 aliphatic heterocycles. The molecule has 3 nitrogen and oxygen atoms in total. The second-order valence-corrected chi connectivity index (χ2v) is 5.10. The SMILES string of the molecule is Cc1ccsc1C(CN)N1CCC(O)C1. The highest BCUT2D eigenvalue weighted by Crippen LogP contribution is 2.30. The number of thiophene rings is 1. The molecule has 0 aliphatic carbocycles. The Morgan fingerprint density at radius 1 is 1.73 bits per heavy atom. The lowest BCUT2D eigenvalue weighted by Gasteiger charge is -2.26. The molecule has 2 unspecified atom stereocenters. The summed E-state index contributed by atoms with van der Waals surface area (Å²) in [6, 6.07) is 2.43. The van der Waals surface area contributed by atoms with Crippen molar-refractivity contribution in [2.24, 2.45) is 5.73 Å². The lowest BCUT2D eigenvalue weighted by molar-refractivity contribution is 0.161. The van der Waals surface area contributed by atoms with Gasteiger partial charge in [-0.15, -0.1) is 11.3 Å². The molecule has 1 saturated heterocycles. The quantitative estimate of drug-likeness (QED) is 0.812. The summed E-state index contributed by atoms with van der Waals surface area (Å²) in [5.41, 5.74) is 7.16. The van der Waals surface area contributed by atoms with Gasteiger partial charge in [-0.1, -0.05) is 0 Å². The molecule has 1 fully saturated rings. The predicted octanol–water partition coefficient (Wildman–Crippen LogP) is 1.12. The van der Waals surface area contributed by atoms with E-state index < -0.39 is 0 Å². The van der Waals surface area contributed by atoms with Crippen molar-refractivity contribution >= 4 is 11.3 Å². The van der Waals surface area contributed by atoms with E-state index in [9.17, 15) is 5.11 Å². The highest BCUT2D eigenvalue weighted by molar-refractivity contribution is 7.10. The number of hydrogen-bond donors (Lipinski definition) is 2. The molecular weight excluding hydrogens is 208 g/mol. The van der Waals surface area contributed by atoms with Crippen molar-refractivity contribution in [3.63, 3.8) is 0 Å². The van der Waals surface area contributed by atoms with Crippen LogP contribution in [0.5, 0.6) is 0 Å². The Hall–Kier alpha value is -0.420. The number of nitrogens with two attached hydrogens (primary N) is 1. The van der Waals surface area contributed by atoms with Crippen molar-refractivity contribution < 1.29 is 5.11 Å². The van der Waals surface area contributed by atoms with E-state index in [4.69, 9.17) is 5.73 Å². The molecular formula is C11H18N2OS. The van der Waals surface area contributed by atoms with Crippen molar-refractivity contribution in [2.45, 2.75) is 25.5 Å². The number of β-amino-alcohol motifs (C(OH)–C–C–N with tert-alkyl or cyclic N) is 1. The van der Waals surface area contributed by atoms with Crippen LogP contribution >= 0.6 is 11.3 Å². The zero-order valence-corrected chi connectivity index (χ0v) is 9.83. The predicted molar refractivity (Wildman–Crippen MR) is 63.0 cm³/mol. The Morgan fingerprint density at radius 2 is 2.53 bits per heavy atom. The lowest BCUT2D eigenvalue weighted by Crippen LogP contribution is -2.32. The molecule has 1 aromatic heterocycles. The Labute approximate surface area is 94.5 Å². The third kappa shape index (κ3) is 2.23. The summed E-state index contributed by atoms with van der Waals surface area (Å²) >= 11 is 1.77. The summed E-state index contributed by atoms with van der Waals surface area (Å²) in [6.45, 7) is 4.48. The second-order valence-electron chi connectivity index (χ2n) is 4.16. The van der Waals surface area contributed by atoms with Gasteiger partial charge in [0.2, 0.25) is 0 Å². The van der Waals surface area contributed by atoms with Gasteiger partial charge in [0.1, 0.15) is 0 Å². The van der Waals surface area contributed by atoms with Gasteiger partial charge in [0.15, 0.2) is 0 Å². The third-order valence-corrected chi connectivity index (χ3v) is 4.18. The highest BCUT2D eigenvalue weighted by Gasteiger charge is 2.28. The molecule has 0 aromatic carbocycles. The van der Waals surface area contributed by atoms with Crippen molar-refractivity contribution in [1.82, 2.24) is 4.90 Å². The zero-order valence-electron chi connectivity index (χ0n) is 9.02. The van der Waals surface area contributed by atoms with Gasteiger partial charge >= 0.3 is 0 Å². The largest absolute Gasteiger partial charge is 0.392 e. The number of likely N-dealkylation sites (tertiary alicyclic amines) is 1. The number of rotatable bonds is 3. The van der Waals surface area contributed by atoms with Gasteiger partial charge in [0, 0.05) is 24.5 Å². The van der Waals surface area contributed by atoms with Crippen LogP contribution < -0.4 is 5.73 Å².